The highest BCUT2D eigenvalue weighted by molar-refractivity contribution is 6.09. The first-order chi connectivity index (χ1) is 7.45. The van der Waals surface area contributed by atoms with Gasteiger partial charge in [0.2, 0.25) is 17.7 Å². The summed E-state index contributed by atoms with van der Waals surface area (Å²) < 4.78 is 0. The van der Waals surface area contributed by atoms with Crippen LogP contribution in [0.15, 0.2) is 0 Å². The van der Waals surface area contributed by atoms with Crippen molar-refractivity contribution in [2.45, 2.75) is 12.8 Å². The van der Waals surface area contributed by atoms with Gasteiger partial charge in [-0.1, -0.05) is 0 Å². The topological polar surface area (TPSA) is 104 Å². The molecule has 1 saturated heterocycles. The molecule has 1 heterocycles. The molecule has 2 aliphatic rings. The molecule has 86 valence electrons. The molecule has 0 unspecified atom stereocenters. The fraction of sp³-hybridized carbons (Fsp3) is 0.556. The molecule has 2 fully saturated rings. The minimum Gasteiger partial charge on any atom is -0.480 e. The molecule has 16 heavy (non-hydrogen) atoms. The number of rotatable bonds is 2. The first kappa shape index (κ1) is 10.6. The van der Waals surface area contributed by atoms with Gasteiger partial charge in [0.1, 0.15) is 18.5 Å². The Morgan fingerprint density at radius 2 is 1.69 bits per heavy atom. The summed E-state index contributed by atoms with van der Waals surface area (Å²) in [5.74, 6) is -2.98. The van der Waals surface area contributed by atoms with Crippen LogP contribution in [0.3, 0.4) is 0 Å². The zero-order chi connectivity index (χ0) is 11.9. The predicted molar refractivity (Wildman–Crippen MR) is 49.0 cm³/mol. The lowest BCUT2D eigenvalue weighted by Crippen LogP contribution is -2.55. The van der Waals surface area contributed by atoms with E-state index in [1.807, 2.05) is 5.32 Å². The first-order valence-corrected chi connectivity index (χ1v) is 4.81. The second-order valence-electron chi connectivity index (χ2n) is 4.02. The minimum absolute atomic E-state index is 0.250. The van der Waals surface area contributed by atoms with Gasteiger partial charge in [-0.2, -0.15) is 0 Å². The van der Waals surface area contributed by atoms with Gasteiger partial charge < -0.3 is 10.0 Å². The number of carboxylic acid groups (broad SMARTS) is 1. The van der Waals surface area contributed by atoms with Crippen molar-refractivity contribution in [2.75, 3.05) is 13.1 Å². The molecule has 0 spiro atoms. The van der Waals surface area contributed by atoms with Gasteiger partial charge in [-0.05, 0) is 12.8 Å². The van der Waals surface area contributed by atoms with E-state index in [0.717, 1.165) is 4.90 Å². The Balaban J connectivity index is 2.13. The molecule has 7 nitrogen and oxygen atoms in total. The van der Waals surface area contributed by atoms with Crippen LogP contribution in [-0.4, -0.2) is 46.8 Å². The summed E-state index contributed by atoms with van der Waals surface area (Å²) in [4.78, 5) is 45.8. The number of piperazine rings is 1. The van der Waals surface area contributed by atoms with E-state index in [0.29, 0.717) is 0 Å². The Hall–Kier alpha value is -1.92. The highest BCUT2D eigenvalue weighted by Gasteiger charge is 2.59. The quantitative estimate of drug-likeness (QED) is 0.433. The van der Waals surface area contributed by atoms with Crippen molar-refractivity contribution in [3.8, 4) is 0 Å². The van der Waals surface area contributed by atoms with Gasteiger partial charge in [0.15, 0.2) is 0 Å². The van der Waals surface area contributed by atoms with Crippen LogP contribution in [0.25, 0.3) is 0 Å². The van der Waals surface area contributed by atoms with Crippen molar-refractivity contribution >= 4 is 23.7 Å². The molecule has 2 N–H and O–H groups in total. The maximum atomic E-state index is 11.8. The van der Waals surface area contributed by atoms with E-state index in [4.69, 9.17) is 5.11 Å². The maximum absolute atomic E-state index is 11.8. The van der Waals surface area contributed by atoms with Crippen molar-refractivity contribution in [1.29, 1.82) is 0 Å². The first-order valence-electron chi connectivity index (χ1n) is 4.81. The van der Waals surface area contributed by atoms with E-state index in [1.165, 1.54) is 0 Å². The molecule has 1 aliphatic heterocycles. The van der Waals surface area contributed by atoms with Gasteiger partial charge in [0, 0.05) is 0 Å². The minimum atomic E-state index is -1.39. The monoisotopic (exact) mass is 226 g/mol. The Bertz CT molecular complexity index is 383. The lowest BCUT2D eigenvalue weighted by atomic mass is 10.1. The number of hydrogen-bond donors (Lipinski definition) is 2. The SMILES string of the molecule is O=C1CN(C(=O)C2(C(=O)O)CC2)CC(=O)N1. The molecule has 0 aromatic carbocycles. The summed E-state index contributed by atoms with van der Waals surface area (Å²) >= 11 is 0. The van der Waals surface area contributed by atoms with E-state index >= 15 is 0 Å². The number of carbonyl (C=O) groups is 4. The van der Waals surface area contributed by atoms with Crippen molar-refractivity contribution in [2.24, 2.45) is 5.41 Å². The Morgan fingerprint density at radius 1 is 1.19 bits per heavy atom. The number of nitrogens with zero attached hydrogens (tertiary/aromatic N) is 1. The number of imide groups is 1. The van der Waals surface area contributed by atoms with E-state index in [9.17, 15) is 19.2 Å². The summed E-state index contributed by atoms with van der Waals surface area (Å²) in [5, 5.41) is 10.9. The van der Waals surface area contributed by atoms with Gasteiger partial charge >= 0.3 is 5.97 Å². The van der Waals surface area contributed by atoms with Crippen molar-refractivity contribution in [1.82, 2.24) is 10.2 Å². The van der Waals surface area contributed by atoms with Gasteiger partial charge in [-0.3, -0.25) is 24.5 Å². The predicted octanol–water partition coefficient (Wildman–Crippen LogP) is -1.66. The summed E-state index contributed by atoms with van der Waals surface area (Å²) in [6, 6.07) is 0. The molecule has 0 radical (unpaired) electrons. The molecule has 0 bridgehead atoms. The van der Waals surface area contributed by atoms with Gasteiger partial charge in [0.25, 0.3) is 0 Å². The van der Waals surface area contributed by atoms with E-state index in [-0.39, 0.29) is 25.9 Å². The molecule has 0 aromatic heterocycles. The molecule has 3 amide bonds. The fourth-order valence-electron chi connectivity index (χ4n) is 1.73. The molecule has 2 rings (SSSR count). The van der Waals surface area contributed by atoms with Crippen LogP contribution in [0.1, 0.15) is 12.8 Å². The van der Waals surface area contributed by atoms with Crippen molar-refractivity contribution < 1.29 is 24.3 Å². The third kappa shape index (κ3) is 1.54. The summed E-state index contributed by atoms with van der Waals surface area (Å²) in [7, 11) is 0. The van der Waals surface area contributed by atoms with Gasteiger partial charge in [-0.25, -0.2) is 0 Å². The third-order valence-corrected chi connectivity index (χ3v) is 2.80. The summed E-state index contributed by atoms with van der Waals surface area (Å²) in [6.07, 6.45) is 0.543. The lowest BCUT2D eigenvalue weighted by molar-refractivity contribution is -0.157. The molecule has 0 aromatic rings. The summed E-state index contributed by atoms with van der Waals surface area (Å²) in [5.41, 5.74) is -1.39. The van der Waals surface area contributed by atoms with Crippen LogP contribution in [0, 0.1) is 5.41 Å². The molecular weight excluding hydrogens is 216 g/mol. The maximum Gasteiger partial charge on any atom is 0.319 e. The lowest BCUT2D eigenvalue weighted by Gasteiger charge is -2.27. The fourth-order valence-corrected chi connectivity index (χ4v) is 1.73. The van der Waals surface area contributed by atoms with Crippen LogP contribution in [0.2, 0.25) is 0 Å². The van der Waals surface area contributed by atoms with E-state index < -0.39 is 29.1 Å². The van der Waals surface area contributed by atoms with E-state index in [1.54, 1.807) is 0 Å². The largest absolute Gasteiger partial charge is 0.480 e. The highest BCUT2D eigenvalue weighted by atomic mass is 16.4. The molecule has 7 heteroatoms. The van der Waals surface area contributed by atoms with Crippen molar-refractivity contribution in [3.63, 3.8) is 0 Å². The normalized spacial score (nSPS) is 22.6. The number of carbonyl (C=O) groups excluding carboxylic acids is 3. The molecule has 0 atom stereocenters. The van der Waals surface area contributed by atoms with Crippen LogP contribution < -0.4 is 5.32 Å². The highest BCUT2D eigenvalue weighted by Crippen LogP contribution is 2.47. The van der Waals surface area contributed by atoms with Crippen LogP contribution in [-0.2, 0) is 19.2 Å². The Morgan fingerprint density at radius 3 is 2.06 bits per heavy atom. The average Bonchev–Trinajstić information content (AvgIpc) is 2.95. The van der Waals surface area contributed by atoms with E-state index in [2.05, 4.69) is 0 Å². The zero-order valence-electron chi connectivity index (χ0n) is 8.36. The zero-order valence-corrected chi connectivity index (χ0v) is 8.36. The van der Waals surface area contributed by atoms with Crippen LogP contribution in [0.5, 0.6) is 0 Å². The van der Waals surface area contributed by atoms with Gasteiger partial charge in [-0.15, -0.1) is 0 Å². The Kier molecular flexibility index (Phi) is 2.18. The summed E-state index contributed by atoms with van der Waals surface area (Å²) in [6.45, 7) is -0.501. The number of hydrogen-bond acceptors (Lipinski definition) is 4. The molecule has 1 saturated carbocycles. The molecule has 1 aliphatic carbocycles. The van der Waals surface area contributed by atoms with Crippen LogP contribution >= 0.6 is 0 Å². The third-order valence-electron chi connectivity index (χ3n) is 2.80. The van der Waals surface area contributed by atoms with Crippen molar-refractivity contribution in [3.05, 3.63) is 0 Å². The number of amides is 3. The number of nitrogens with one attached hydrogen (secondary N) is 1. The van der Waals surface area contributed by atoms with Gasteiger partial charge in [0.05, 0.1) is 0 Å². The van der Waals surface area contributed by atoms with Crippen LogP contribution in [0.4, 0.5) is 0 Å². The number of aliphatic carboxylic acids is 1. The second kappa shape index (κ2) is 3.29. The molecular formula is C9H10N2O5. The second-order valence-corrected chi connectivity index (χ2v) is 4.02. The number of carboxylic acids is 1. The smallest absolute Gasteiger partial charge is 0.319 e. The average molecular weight is 226 g/mol. The Labute approximate surface area is 90.4 Å². The standard InChI is InChI=1S/C9H10N2O5/c12-5-3-11(4-6(13)10-5)7(14)9(1-2-9)8(15)16/h1-4H2,(H,15,16)(H,10,12,13).